The SMILES string of the molecule is CC1CCC(=NNC(=O)c2cc(Cl)ccc2Cl)CC1. The van der Waals surface area contributed by atoms with Crippen LogP contribution in [0.15, 0.2) is 23.3 Å². The second-order valence-electron chi connectivity index (χ2n) is 4.93. The van der Waals surface area contributed by atoms with Gasteiger partial charge in [-0.25, -0.2) is 5.43 Å². The third-order valence-electron chi connectivity index (χ3n) is 3.34. The summed E-state index contributed by atoms with van der Waals surface area (Å²) in [6.07, 6.45) is 4.16. The van der Waals surface area contributed by atoms with Crippen LogP contribution in [0.2, 0.25) is 10.0 Å². The van der Waals surface area contributed by atoms with Crippen molar-refractivity contribution < 1.29 is 4.79 Å². The first-order chi connectivity index (χ1) is 9.06. The highest BCUT2D eigenvalue weighted by molar-refractivity contribution is 6.35. The molecule has 1 amide bonds. The molecule has 0 spiro atoms. The number of amides is 1. The summed E-state index contributed by atoms with van der Waals surface area (Å²) in [5.41, 5.74) is 3.95. The van der Waals surface area contributed by atoms with Crippen molar-refractivity contribution in [1.29, 1.82) is 0 Å². The molecule has 0 saturated heterocycles. The Labute approximate surface area is 123 Å². The zero-order chi connectivity index (χ0) is 13.8. The number of carbonyl (C=O) groups is 1. The lowest BCUT2D eigenvalue weighted by molar-refractivity contribution is 0.0954. The number of rotatable bonds is 2. The number of hydrazone groups is 1. The third kappa shape index (κ3) is 3.95. The smallest absolute Gasteiger partial charge is 0.267 e. The molecule has 1 saturated carbocycles. The minimum Gasteiger partial charge on any atom is -0.267 e. The minimum absolute atomic E-state index is 0.321. The van der Waals surface area contributed by atoms with E-state index < -0.39 is 0 Å². The van der Waals surface area contributed by atoms with Gasteiger partial charge in [-0.1, -0.05) is 30.1 Å². The van der Waals surface area contributed by atoms with E-state index in [0.717, 1.165) is 37.3 Å². The van der Waals surface area contributed by atoms with Crippen LogP contribution in [0.25, 0.3) is 0 Å². The second kappa shape index (κ2) is 6.40. The lowest BCUT2D eigenvalue weighted by Crippen LogP contribution is -2.22. The molecule has 102 valence electrons. The van der Waals surface area contributed by atoms with Gasteiger partial charge < -0.3 is 0 Å². The van der Waals surface area contributed by atoms with Gasteiger partial charge in [0.15, 0.2) is 0 Å². The number of hydrogen-bond acceptors (Lipinski definition) is 2. The van der Waals surface area contributed by atoms with Gasteiger partial charge in [-0.15, -0.1) is 0 Å². The first-order valence-electron chi connectivity index (χ1n) is 6.37. The van der Waals surface area contributed by atoms with Crippen molar-refractivity contribution in [3.63, 3.8) is 0 Å². The minimum atomic E-state index is -0.321. The number of halogens is 2. The molecule has 1 aromatic carbocycles. The summed E-state index contributed by atoms with van der Waals surface area (Å²) < 4.78 is 0. The van der Waals surface area contributed by atoms with Crippen molar-refractivity contribution in [2.45, 2.75) is 32.6 Å². The van der Waals surface area contributed by atoms with Gasteiger partial charge in [-0.05, 0) is 49.8 Å². The maximum atomic E-state index is 12.0. The molecular formula is C14H16Cl2N2O. The van der Waals surface area contributed by atoms with Gasteiger partial charge in [0.25, 0.3) is 5.91 Å². The zero-order valence-corrected chi connectivity index (χ0v) is 12.3. The van der Waals surface area contributed by atoms with Crippen molar-refractivity contribution in [2.24, 2.45) is 11.0 Å². The van der Waals surface area contributed by atoms with Crippen molar-refractivity contribution in [1.82, 2.24) is 5.43 Å². The summed E-state index contributed by atoms with van der Waals surface area (Å²) in [5.74, 6) is 0.427. The highest BCUT2D eigenvalue weighted by Crippen LogP contribution is 2.22. The van der Waals surface area contributed by atoms with Crippen molar-refractivity contribution in [3.8, 4) is 0 Å². The Hall–Kier alpha value is -1.06. The molecule has 0 unspecified atom stereocenters. The Morgan fingerprint density at radius 1 is 1.32 bits per heavy atom. The standard InChI is InChI=1S/C14H16Cl2N2O/c1-9-2-5-11(6-3-9)17-18-14(19)12-8-10(15)4-7-13(12)16/h4,7-9H,2-3,5-6H2,1H3,(H,18,19). The van der Waals surface area contributed by atoms with Gasteiger partial charge in [0, 0.05) is 10.7 Å². The van der Waals surface area contributed by atoms with Crippen LogP contribution in [0.4, 0.5) is 0 Å². The normalized spacial score (nSPS) is 19.1. The van der Waals surface area contributed by atoms with E-state index in [0.29, 0.717) is 15.6 Å². The molecule has 0 aliphatic heterocycles. The lowest BCUT2D eigenvalue weighted by atomic mass is 9.90. The maximum absolute atomic E-state index is 12.0. The van der Waals surface area contributed by atoms with Gasteiger partial charge in [-0.3, -0.25) is 4.79 Å². The lowest BCUT2D eigenvalue weighted by Gasteiger charge is -2.18. The first-order valence-corrected chi connectivity index (χ1v) is 7.12. The van der Waals surface area contributed by atoms with Crippen LogP contribution in [0.1, 0.15) is 43.0 Å². The number of nitrogens with zero attached hydrogens (tertiary/aromatic N) is 1. The molecule has 5 heteroatoms. The summed E-state index contributed by atoms with van der Waals surface area (Å²) >= 11 is 11.8. The first kappa shape index (κ1) is 14.4. The highest BCUT2D eigenvalue weighted by Gasteiger charge is 2.15. The summed E-state index contributed by atoms with van der Waals surface area (Å²) in [7, 11) is 0. The Kier molecular flexibility index (Phi) is 4.83. The van der Waals surface area contributed by atoms with E-state index in [1.54, 1.807) is 18.2 Å². The fraction of sp³-hybridized carbons (Fsp3) is 0.429. The fourth-order valence-electron chi connectivity index (χ4n) is 2.07. The quantitative estimate of drug-likeness (QED) is 0.813. The van der Waals surface area contributed by atoms with Crippen molar-refractivity contribution in [3.05, 3.63) is 33.8 Å². The van der Waals surface area contributed by atoms with E-state index in [4.69, 9.17) is 23.2 Å². The van der Waals surface area contributed by atoms with E-state index in [1.165, 1.54) is 0 Å². The Bertz CT molecular complexity index is 504. The monoisotopic (exact) mass is 298 g/mol. The molecule has 1 aromatic rings. The molecule has 0 bridgehead atoms. The molecule has 1 N–H and O–H groups in total. The van der Waals surface area contributed by atoms with Crippen LogP contribution in [-0.2, 0) is 0 Å². The van der Waals surface area contributed by atoms with Crippen LogP contribution in [0.3, 0.4) is 0 Å². The van der Waals surface area contributed by atoms with Gasteiger partial charge in [0.1, 0.15) is 0 Å². The predicted molar refractivity (Wildman–Crippen MR) is 79.0 cm³/mol. The molecule has 1 aliphatic rings. The number of benzene rings is 1. The fourth-order valence-corrected chi connectivity index (χ4v) is 2.44. The van der Waals surface area contributed by atoms with Crippen LogP contribution in [0, 0.1) is 5.92 Å². The Morgan fingerprint density at radius 2 is 2.00 bits per heavy atom. The molecule has 0 radical (unpaired) electrons. The summed E-state index contributed by atoms with van der Waals surface area (Å²) in [6, 6.07) is 4.80. The Morgan fingerprint density at radius 3 is 2.68 bits per heavy atom. The molecule has 0 heterocycles. The molecule has 0 atom stereocenters. The molecule has 1 fully saturated rings. The second-order valence-corrected chi connectivity index (χ2v) is 5.77. The predicted octanol–water partition coefficient (Wildman–Crippen LogP) is 4.29. The van der Waals surface area contributed by atoms with Gasteiger partial charge in [0.05, 0.1) is 10.6 Å². The molecule has 3 nitrogen and oxygen atoms in total. The van der Waals surface area contributed by atoms with E-state index in [1.807, 2.05) is 0 Å². The van der Waals surface area contributed by atoms with E-state index >= 15 is 0 Å². The molecule has 19 heavy (non-hydrogen) atoms. The summed E-state index contributed by atoms with van der Waals surface area (Å²) in [4.78, 5) is 12.0. The maximum Gasteiger partial charge on any atom is 0.272 e. The molecule has 2 rings (SSSR count). The summed E-state index contributed by atoms with van der Waals surface area (Å²) in [5, 5.41) is 5.03. The van der Waals surface area contributed by atoms with Gasteiger partial charge in [-0.2, -0.15) is 5.10 Å². The van der Waals surface area contributed by atoms with Gasteiger partial charge >= 0.3 is 0 Å². The number of hydrogen-bond donors (Lipinski definition) is 1. The molecule has 1 aliphatic carbocycles. The number of nitrogens with one attached hydrogen (secondary N) is 1. The van der Waals surface area contributed by atoms with Crippen LogP contribution < -0.4 is 5.43 Å². The highest BCUT2D eigenvalue weighted by atomic mass is 35.5. The van der Waals surface area contributed by atoms with E-state index in [9.17, 15) is 4.79 Å². The van der Waals surface area contributed by atoms with Gasteiger partial charge in [0.2, 0.25) is 0 Å². The molecule has 0 aromatic heterocycles. The number of carbonyl (C=O) groups excluding carboxylic acids is 1. The van der Waals surface area contributed by atoms with Crippen LogP contribution in [-0.4, -0.2) is 11.6 Å². The average molecular weight is 299 g/mol. The largest absolute Gasteiger partial charge is 0.272 e. The van der Waals surface area contributed by atoms with Crippen LogP contribution in [0.5, 0.6) is 0 Å². The molecular weight excluding hydrogens is 283 g/mol. The average Bonchev–Trinajstić information content (AvgIpc) is 2.40. The van der Waals surface area contributed by atoms with Crippen molar-refractivity contribution >= 4 is 34.8 Å². The zero-order valence-electron chi connectivity index (χ0n) is 10.7. The van der Waals surface area contributed by atoms with E-state index in [2.05, 4.69) is 17.5 Å². The Balaban J connectivity index is 2.01. The third-order valence-corrected chi connectivity index (χ3v) is 3.90. The van der Waals surface area contributed by atoms with E-state index in [-0.39, 0.29) is 5.91 Å². The van der Waals surface area contributed by atoms with Crippen molar-refractivity contribution in [2.75, 3.05) is 0 Å². The summed E-state index contributed by atoms with van der Waals surface area (Å²) in [6.45, 7) is 2.24. The topological polar surface area (TPSA) is 41.5 Å². The van der Waals surface area contributed by atoms with Crippen LogP contribution >= 0.6 is 23.2 Å².